The second-order valence-electron chi connectivity index (χ2n) is 8.34. The highest BCUT2D eigenvalue weighted by molar-refractivity contribution is 5.78. The van der Waals surface area contributed by atoms with Gasteiger partial charge in [-0.1, -0.05) is 12.1 Å². The van der Waals surface area contributed by atoms with Crippen molar-refractivity contribution in [1.29, 1.82) is 0 Å². The Bertz CT molecular complexity index is 894. The molecule has 0 radical (unpaired) electrons. The molecule has 31 heavy (non-hydrogen) atoms. The molecule has 1 fully saturated rings. The smallest absolute Gasteiger partial charge is 0.237 e. The van der Waals surface area contributed by atoms with Crippen LogP contribution < -0.4 is 15.4 Å². The zero-order chi connectivity index (χ0) is 21.8. The standard InChI is InChI=1S/C23H32N6O2/c1-24-22-18-14-29(12-10-19(18)26-23(27-22)20-5-4-11-25-20)21(30)15-28(2)13-16-6-8-17(31-3)9-7-16/h6-9,20,25H,4-5,10-15H2,1-3H3,(H,24,26,27)/t20-/m1/s1. The van der Waals surface area contributed by atoms with Gasteiger partial charge in [-0.15, -0.1) is 0 Å². The first-order valence-electron chi connectivity index (χ1n) is 11.0. The van der Waals surface area contributed by atoms with E-state index in [1.54, 1.807) is 7.11 Å². The number of nitrogens with zero attached hydrogens (tertiary/aromatic N) is 4. The topological polar surface area (TPSA) is 82.6 Å². The molecule has 2 N–H and O–H groups in total. The van der Waals surface area contributed by atoms with Crippen LogP contribution in [-0.2, 0) is 24.3 Å². The first kappa shape index (κ1) is 21.5. The SMILES string of the molecule is CNc1nc([C@H]2CCCN2)nc2c1CN(C(=O)CN(C)Cc1ccc(OC)cc1)CC2. The number of hydrogen-bond acceptors (Lipinski definition) is 7. The maximum atomic E-state index is 13.0. The third-order valence-electron chi connectivity index (χ3n) is 6.06. The molecule has 0 spiro atoms. The maximum Gasteiger partial charge on any atom is 0.237 e. The first-order valence-corrected chi connectivity index (χ1v) is 11.0. The molecule has 0 saturated carbocycles. The highest BCUT2D eigenvalue weighted by Gasteiger charge is 2.28. The predicted octanol–water partition coefficient (Wildman–Crippen LogP) is 1.97. The van der Waals surface area contributed by atoms with Gasteiger partial charge in [-0.2, -0.15) is 0 Å². The average molecular weight is 425 g/mol. The number of fused-ring (bicyclic) bond motifs is 1. The van der Waals surface area contributed by atoms with Crippen molar-refractivity contribution in [2.75, 3.05) is 46.2 Å². The zero-order valence-corrected chi connectivity index (χ0v) is 18.6. The molecule has 1 aromatic heterocycles. The number of rotatable bonds is 7. The fourth-order valence-electron chi connectivity index (χ4n) is 4.34. The van der Waals surface area contributed by atoms with E-state index in [-0.39, 0.29) is 11.9 Å². The maximum absolute atomic E-state index is 13.0. The lowest BCUT2D eigenvalue weighted by Gasteiger charge is -2.31. The Hall–Kier alpha value is -2.71. The molecule has 1 saturated heterocycles. The fourth-order valence-corrected chi connectivity index (χ4v) is 4.34. The molecule has 8 nitrogen and oxygen atoms in total. The van der Waals surface area contributed by atoms with Crippen molar-refractivity contribution in [3.05, 3.63) is 46.9 Å². The van der Waals surface area contributed by atoms with Gasteiger partial charge in [0.25, 0.3) is 0 Å². The normalized spacial score (nSPS) is 18.2. The largest absolute Gasteiger partial charge is 0.497 e. The average Bonchev–Trinajstić information content (AvgIpc) is 3.33. The third-order valence-corrected chi connectivity index (χ3v) is 6.06. The van der Waals surface area contributed by atoms with E-state index in [0.29, 0.717) is 26.2 Å². The number of anilines is 1. The summed E-state index contributed by atoms with van der Waals surface area (Å²) < 4.78 is 5.21. The predicted molar refractivity (Wildman–Crippen MR) is 120 cm³/mol. The van der Waals surface area contributed by atoms with Gasteiger partial charge in [-0.25, -0.2) is 9.97 Å². The summed E-state index contributed by atoms with van der Waals surface area (Å²) in [5, 5.41) is 6.70. The van der Waals surface area contributed by atoms with Crippen molar-refractivity contribution in [3.8, 4) is 5.75 Å². The Morgan fingerprint density at radius 3 is 2.81 bits per heavy atom. The van der Waals surface area contributed by atoms with Gasteiger partial charge in [0.15, 0.2) is 0 Å². The molecule has 2 aliphatic rings. The van der Waals surface area contributed by atoms with Crippen LogP contribution >= 0.6 is 0 Å². The molecule has 2 aromatic rings. The molecule has 1 atom stereocenters. The van der Waals surface area contributed by atoms with E-state index in [1.165, 1.54) is 0 Å². The summed E-state index contributed by atoms with van der Waals surface area (Å²) >= 11 is 0. The molecular weight excluding hydrogens is 392 g/mol. The molecule has 0 aliphatic carbocycles. The van der Waals surface area contributed by atoms with Crippen molar-refractivity contribution in [2.45, 2.75) is 38.4 Å². The van der Waals surface area contributed by atoms with E-state index in [1.807, 2.05) is 48.2 Å². The van der Waals surface area contributed by atoms with Crippen LogP contribution in [0.15, 0.2) is 24.3 Å². The number of hydrogen-bond donors (Lipinski definition) is 2. The Balaban J connectivity index is 1.39. The Kier molecular flexibility index (Phi) is 6.67. The minimum atomic E-state index is 0.130. The van der Waals surface area contributed by atoms with E-state index in [4.69, 9.17) is 14.7 Å². The number of likely N-dealkylation sites (N-methyl/N-ethyl adjacent to an activating group) is 1. The third kappa shape index (κ3) is 4.97. The van der Waals surface area contributed by atoms with E-state index < -0.39 is 0 Å². The van der Waals surface area contributed by atoms with Gasteiger partial charge in [0.2, 0.25) is 5.91 Å². The number of nitrogens with one attached hydrogen (secondary N) is 2. The molecular formula is C23H32N6O2. The van der Waals surface area contributed by atoms with Crippen molar-refractivity contribution in [2.24, 2.45) is 0 Å². The van der Waals surface area contributed by atoms with Crippen LogP contribution in [0.5, 0.6) is 5.75 Å². The van der Waals surface area contributed by atoms with Crippen LogP contribution in [-0.4, -0.2) is 66.5 Å². The quantitative estimate of drug-likeness (QED) is 0.703. The van der Waals surface area contributed by atoms with Crippen LogP contribution in [0.3, 0.4) is 0 Å². The molecule has 0 unspecified atom stereocenters. The van der Waals surface area contributed by atoms with Crippen LogP contribution in [0.2, 0.25) is 0 Å². The molecule has 1 amide bonds. The van der Waals surface area contributed by atoms with Crippen molar-refractivity contribution in [1.82, 2.24) is 25.1 Å². The van der Waals surface area contributed by atoms with E-state index in [0.717, 1.165) is 60.0 Å². The fraction of sp³-hybridized carbons (Fsp3) is 0.522. The number of ether oxygens (including phenoxy) is 1. The highest BCUT2D eigenvalue weighted by atomic mass is 16.5. The number of methoxy groups -OCH3 is 1. The van der Waals surface area contributed by atoms with Gasteiger partial charge in [0.1, 0.15) is 17.4 Å². The second-order valence-corrected chi connectivity index (χ2v) is 8.34. The summed E-state index contributed by atoms with van der Waals surface area (Å²) in [6, 6.07) is 8.19. The lowest BCUT2D eigenvalue weighted by Crippen LogP contribution is -2.42. The Labute approximate surface area is 184 Å². The van der Waals surface area contributed by atoms with E-state index in [9.17, 15) is 4.79 Å². The number of benzene rings is 1. The molecule has 166 valence electrons. The zero-order valence-electron chi connectivity index (χ0n) is 18.6. The Morgan fingerprint density at radius 2 is 2.13 bits per heavy atom. The molecule has 3 heterocycles. The van der Waals surface area contributed by atoms with E-state index >= 15 is 0 Å². The van der Waals surface area contributed by atoms with E-state index in [2.05, 4.69) is 10.6 Å². The monoisotopic (exact) mass is 424 g/mol. The van der Waals surface area contributed by atoms with Gasteiger partial charge < -0.3 is 20.3 Å². The molecule has 0 bridgehead atoms. The summed E-state index contributed by atoms with van der Waals surface area (Å²) in [5.41, 5.74) is 3.26. The number of carbonyl (C=O) groups is 1. The molecule has 1 aromatic carbocycles. The van der Waals surface area contributed by atoms with Crippen LogP contribution in [0.4, 0.5) is 5.82 Å². The summed E-state index contributed by atoms with van der Waals surface area (Å²) in [6.45, 7) is 3.36. The Morgan fingerprint density at radius 1 is 1.32 bits per heavy atom. The molecule has 2 aliphatic heterocycles. The van der Waals surface area contributed by atoms with Gasteiger partial charge in [0, 0.05) is 32.1 Å². The van der Waals surface area contributed by atoms with Gasteiger partial charge >= 0.3 is 0 Å². The summed E-state index contributed by atoms with van der Waals surface area (Å²) in [4.78, 5) is 26.6. The van der Waals surface area contributed by atoms with Crippen LogP contribution in [0, 0.1) is 0 Å². The summed E-state index contributed by atoms with van der Waals surface area (Å²) in [5.74, 6) is 2.69. The summed E-state index contributed by atoms with van der Waals surface area (Å²) in [7, 11) is 5.52. The highest BCUT2D eigenvalue weighted by Crippen LogP contribution is 2.28. The van der Waals surface area contributed by atoms with Gasteiger partial charge in [-0.3, -0.25) is 9.69 Å². The molecule has 4 rings (SSSR count). The number of aromatic nitrogens is 2. The lowest BCUT2D eigenvalue weighted by molar-refractivity contribution is -0.133. The number of carbonyl (C=O) groups excluding carboxylic acids is 1. The van der Waals surface area contributed by atoms with Crippen LogP contribution in [0.25, 0.3) is 0 Å². The second kappa shape index (κ2) is 9.62. The van der Waals surface area contributed by atoms with Crippen molar-refractivity contribution in [3.63, 3.8) is 0 Å². The lowest BCUT2D eigenvalue weighted by atomic mass is 10.0. The van der Waals surface area contributed by atoms with Crippen molar-refractivity contribution < 1.29 is 9.53 Å². The van der Waals surface area contributed by atoms with Gasteiger partial charge in [-0.05, 0) is 44.1 Å². The van der Waals surface area contributed by atoms with Gasteiger partial charge in [0.05, 0.1) is 31.9 Å². The van der Waals surface area contributed by atoms with Crippen LogP contribution in [0.1, 0.15) is 41.5 Å². The minimum absolute atomic E-state index is 0.130. The number of amides is 1. The molecule has 8 heteroatoms. The van der Waals surface area contributed by atoms with Crippen molar-refractivity contribution >= 4 is 11.7 Å². The summed E-state index contributed by atoms with van der Waals surface area (Å²) in [6.07, 6.45) is 3.00. The first-order chi connectivity index (χ1) is 15.1. The minimum Gasteiger partial charge on any atom is -0.497 e.